The number of nitrogens with two attached hydrogens (primary N) is 2. The van der Waals surface area contributed by atoms with Crippen LogP contribution in [-0.4, -0.2) is 55.0 Å². The third-order valence-corrected chi connectivity index (χ3v) is 2.79. The largest absolute Gasteiger partial charge is 0.369 e. The van der Waals surface area contributed by atoms with Gasteiger partial charge in [0.05, 0.1) is 13.1 Å². The van der Waals surface area contributed by atoms with E-state index in [0.29, 0.717) is 0 Å². The van der Waals surface area contributed by atoms with Crippen LogP contribution < -0.4 is 22.1 Å². The van der Waals surface area contributed by atoms with Crippen LogP contribution in [0.5, 0.6) is 0 Å². The minimum atomic E-state index is -0.899. The average molecular weight is 257 g/mol. The molecule has 102 valence electrons. The van der Waals surface area contributed by atoms with E-state index in [9.17, 15) is 14.4 Å². The molecular formula is C10H19N5O3. The van der Waals surface area contributed by atoms with Crippen LogP contribution in [0.3, 0.4) is 0 Å². The van der Waals surface area contributed by atoms with Gasteiger partial charge in [-0.25, -0.2) is 4.79 Å². The smallest absolute Gasteiger partial charge is 0.318 e. The van der Waals surface area contributed by atoms with E-state index in [1.165, 1.54) is 0 Å². The molecule has 0 radical (unpaired) electrons. The summed E-state index contributed by atoms with van der Waals surface area (Å²) in [5.74, 6) is -1.03. The number of nitrogens with one attached hydrogen (secondary N) is 2. The Bertz CT molecular complexity index is 327. The maximum Gasteiger partial charge on any atom is 0.318 e. The number of piperidine rings is 1. The van der Waals surface area contributed by atoms with Gasteiger partial charge in [0.1, 0.15) is 0 Å². The molecular weight excluding hydrogens is 238 g/mol. The van der Waals surface area contributed by atoms with Crippen LogP contribution in [0.1, 0.15) is 12.8 Å². The average Bonchev–Trinajstić information content (AvgIpc) is 2.27. The van der Waals surface area contributed by atoms with Crippen LogP contribution in [0.2, 0.25) is 0 Å². The molecule has 0 aromatic carbocycles. The summed E-state index contributed by atoms with van der Waals surface area (Å²) >= 11 is 0. The summed E-state index contributed by atoms with van der Waals surface area (Å²) in [5.41, 5.74) is 10.0. The first kappa shape index (κ1) is 14.4. The van der Waals surface area contributed by atoms with Crippen LogP contribution in [0.25, 0.3) is 0 Å². The molecule has 1 aliphatic heterocycles. The summed E-state index contributed by atoms with van der Waals surface area (Å²) in [4.78, 5) is 34.7. The zero-order valence-electron chi connectivity index (χ0n) is 10.1. The topological polar surface area (TPSA) is 131 Å². The predicted molar refractivity (Wildman–Crippen MR) is 64.4 cm³/mol. The first-order valence-corrected chi connectivity index (χ1v) is 5.81. The number of carbonyl (C=O) groups is 3. The standard InChI is InChI=1S/C10H19N5O3/c11-8(16)5-15(6-9(17)14-10(12)18)7-1-3-13-4-2-7/h7,13H,1-6H2,(H2,11,16)(H3,12,14,17,18). The van der Waals surface area contributed by atoms with Crippen molar-refractivity contribution < 1.29 is 14.4 Å². The lowest BCUT2D eigenvalue weighted by atomic mass is 10.0. The monoisotopic (exact) mass is 257 g/mol. The fourth-order valence-electron chi connectivity index (χ4n) is 2.05. The Morgan fingerprint density at radius 1 is 1.17 bits per heavy atom. The van der Waals surface area contributed by atoms with Crippen LogP contribution in [0.15, 0.2) is 0 Å². The van der Waals surface area contributed by atoms with Crippen LogP contribution >= 0.6 is 0 Å². The highest BCUT2D eigenvalue weighted by atomic mass is 16.2. The molecule has 4 amide bonds. The highest BCUT2D eigenvalue weighted by molar-refractivity contribution is 5.94. The number of nitrogens with zero attached hydrogens (tertiary/aromatic N) is 1. The van der Waals surface area contributed by atoms with Gasteiger partial charge >= 0.3 is 6.03 Å². The van der Waals surface area contributed by atoms with Crippen molar-refractivity contribution in [2.24, 2.45) is 11.5 Å². The Morgan fingerprint density at radius 2 is 1.78 bits per heavy atom. The van der Waals surface area contributed by atoms with Crippen molar-refractivity contribution in [1.29, 1.82) is 0 Å². The molecule has 0 aromatic heterocycles. The Kier molecular flexibility index (Phi) is 5.53. The number of hydrogen-bond acceptors (Lipinski definition) is 5. The Labute approximate surface area is 105 Å². The van der Waals surface area contributed by atoms with E-state index >= 15 is 0 Å². The van der Waals surface area contributed by atoms with Crippen LogP contribution in [-0.2, 0) is 9.59 Å². The van der Waals surface area contributed by atoms with Crippen molar-refractivity contribution in [2.45, 2.75) is 18.9 Å². The van der Waals surface area contributed by atoms with E-state index < -0.39 is 17.8 Å². The fourth-order valence-corrected chi connectivity index (χ4v) is 2.05. The third-order valence-electron chi connectivity index (χ3n) is 2.79. The van der Waals surface area contributed by atoms with Gasteiger partial charge in [0.2, 0.25) is 11.8 Å². The quantitative estimate of drug-likeness (QED) is 0.441. The summed E-state index contributed by atoms with van der Waals surface area (Å²) in [6.07, 6.45) is 1.66. The molecule has 1 aliphatic rings. The number of primary amides is 2. The summed E-state index contributed by atoms with van der Waals surface area (Å²) in [7, 11) is 0. The summed E-state index contributed by atoms with van der Waals surface area (Å²) in [5, 5.41) is 5.17. The van der Waals surface area contributed by atoms with Gasteiger partial charge in [-0.15, -0.1) is 0 Å². The van der Waals surface area contributed by atoms with Gasteiger partial charge in [-0.05, 0) is 25.9 Å². The normalized spacial score (nSPS) is 16.5. The summed E-state index contributed by atoms with van der Waals surface area (Å²) in [6.45, 7) is 1.60. The molecule has 0 spiro atoms. The second-order valence-electron chi connectivity index (χ2n) is 4.26. The van der Waals surface area contributed by atoms with Crippen molar-refractivity contribution in [1.82, 2.24) is 15.5 Å². The lowest BCUT2D eigenvalue weighted by molar-refractivity contribution is -0.124. The van der Waals surface area contributed by atoms with Gasteiger partial charge in [-0.3, -0.25) is 19.8 Å². The number of imide groups is 1. The molecule has 0 atom stereocenters. The molecule has 8 nitrogen and oxygen atoms in total. The van der Waals surface area contributed by atoms with E-state index in [1.54, 1.807) is 4.90 Å². The minimum absolute atomic E-state index is 0.00313. The van der Waals surface area contributed by atoms with Gasteiger partial charge in [0.15, 0.2) is 0 Å². The van der Waals surface area contributed by atoms with Gasteiger partial charge in [0.25, 0.3) is 0 Å². The summed E-state index contributed by atoms with van der Waals surface area (Å²) in [6, 6.07) is -0.790. The second-order valence-corrected chi connectivity index (χ2v) is 4.26. The highest BCUT2D eigenvalue weighted by Crippen LogP contribution is 2.11. The van der Waals surface area contributed by atoms with Crippen molar-refractivity contribution in [2.75, 3.05) is 26.2 Å². The molecule has 1 rings (SSSR count). The first-order chi connectivity index (χ1) is 8.49. The Balaban J connectivity index is 2.56. The van der Waals surface area contributed by atoms with Gasteiger partial charge in [-0.1, -0.05) is 0 Å². The fraction of sp³-hybridized carbons (Fsp3) is 0.700. The predicted octanol–water partition coefficient (Wildman–Crippen LogP) is -2.28. The van der Waals surface area contributed by atoms with Crippen molar-refractivity contribution in [3.63, 3.8) is 0 Å². The molecule has 0 bridgehead atoms. The third kappa shape index (κ3) is 5.11. The SMILES string of the molecule is NC(=O)CN(CC(=O)NC(N)=O)C1CCNCC1. The number of hydrogen-bond donors (Lipinski definition) is 4. The van der Waals surface area contributed by atoms with Crippen LogP contribution in [0, 0.1) is 0 Å². The van der Waals surface area contributed by atoms with Gasteiger partial charge < -0.3 is 16.8 Å². The lowest BCUT2D eigenvalue weighted by Crippen LogP contribution is -2.51. The van der Waals surface area contributed by atoms with E-state index in [1.807, 2.05) is 5.32 Å². The molecule has 18 heavy (non-hydrogen) atoms. The first-order valence-electron chi connectivity index (χ1n) is 5.81. The van der Waals surface area contributed by atoms with E-state index in [0.717, 1.165) is 25.9 Å². The zero-order chi connectivity index (χ0) is 13.5. The second kappa shape index (κ2) is 6.92. The molecule has 0 aliphatic carbocycles. The lowest BCUT2D eigenvalue weighted by Gasteiger charge is -2.33. The Morgan fingerprint density at radius 3 is 2.28 bits per heavy atom. The number of urea groups is 1. The molecule has 0 aromatic rings. The van der Waals surface area contributed by atoms with E-state index in [-0.39, 0.29) is 19.1 Å². The van der Waals surface area contributed by atoms with E-state index in [4.69, 9.17) is 11.5 Å². The number of rotatable bonds is 5. The van der Waals surface area contributed by atoms with Gasteiger partial charge in [-0.2, -0.15) is 0 Å². The zero-order valence-corrected chi connectivity index (χ0v) is 10.1. The van der Waals surface area contributed by atoms with Crippen molar-refractivity contribution in [3.05, 3.63) is 0 Å². The summed E-state index contributed by atoms with van der Waals surface area (Å²) < 4.78 is 0. The molecule has 0 saturated carbocycles. The van der Waals surface area contributed by atoms with Gasteiger partial charge in [0, 0.05) is 6.04 Å². The highest BCUT2D eigenvalue weighted by Gasteiger charge is 2.24. The van der Waals surface area contributed by atoms with Crippen molar-refractivity contribution >= 4 is 17.8 Å². The maximum atomic E-state index is 11.5. The van der Waals surface area contributed by atoms with Crippen molar-refractivity contribution in [3.8, 4) is 0 Å². The molecule has 1 heterocycles. The number of amides is 4. The van der Waals surface area contributed by atoms with Crippen LogP contribution in [0.4, 0.5) is 4.79 Å². The Hall–Kier alpha value is -1.67. The number of carbonyl (C=O) groups excluding carboxylic acids is 3. The van der Waals surface area contributed by atoms with E-state index in [2.05, 4.69) is 5.32 Å². The minimum Gasteiger partial charge on any atom is -0.369 e. The molecule has 1 saturated heterocycles. The molecule has 6 N–H and O–H groups in total. The molecule has 8 heteroatoms. The molecule has 0 unspecified atom stereocenters. The molecule has 1 fully saturated rings. The maximum absolute atomic E-state index is 11.5.